The molecule has 1 saturated heterocycles. The predicted octanol–water partition coefficient (Wildman–Crippen LogP) is 2.94. The van der Waals surface area contributed by atoms with E-state index in [4.69, 9.17) is 4.98 Å². The van der Waals surface area contributed by atoms with Gasteiger partial charge in [0.1, 0.15) is 0 Å². The normalized spacial score (nSPS) is 20.2. The average Bonchev–Trinajstić information content (AvgIpc) is 2.87. The lowest BCUT2D eigenvalue weighted by Gasteiger charge is -2.16. The van der Waals surface area contributed by atoms with Gasteiger partial charge in [0.25, 0.3) is 0 Å². The summed E-state index contributed by atoms with van der Waals surface area (Å²) in [5, 5.41) is 4.47. The van der Waals surface area contributed by atoms with Gasteiger partial charge in [-0.05, 0) is 57.4 Å². The Kier molecular flexibility index (Phi) is 5.30. The number of carbonyl (C=O) groups excluding carboxylic acids is 1. The van der Waals surface area contributed by atoms with Gasteiger partial charge >= 0.3 is 0 Å². The van der Waals surface area contributed by atoms with E-state index >= 15 is 0 Å². The van der Waals surface area contributed by atoms with E-state index in [2.05, 4.69) is 31.3 Å². The third-order valence-electron chi connectivity index (χ3n) is 4.68. The number of pyridine rings is 1. The molecule has 2 aromatic rings. The number of hydrogen-bond donors (Lipinski definition) is 1. The Labute approximate surface area is 158 Å². The molecule has 5 nitrogen and oxygen atoms in total. The van der Waals surface area contributed by atoms with Crippen molar-refractivity contribution in [2.24, 2.45) is 0 Å². The molecule has 1 aromatic heterocycles. The smallest absolute Gasteiger partial charge is 0.233 e. The van der Waals surface area contributed by atoms with E-state index in [9.17, 15) is 13.2 Å². The van der Waals surface area contributed by atoms with Crippen LogP contribution in [0.2, 0.25) is 0 Å². The molecule has 1 aromatic carbocycles. The third-order valence-corrected chi connectivity index (χ3v) is 7.46. The minimum absolute atomic E-state index is 0.0437. The van der Waals surface area contributed by atoms with Crippen LogP contribution in [0.15, 0.2) is 23.2 Å². The van der Waals surface area contributed by atoms with Gasteiger partial charge in [-0.3, -0.25) is 4.79 Å². The first-order valence-corrected chi connectivity index (χ1v) is 11.4. The summed E-state index contributed by atoms with van der Waals surface area (Å²) >= 11 is 1.40. The second kappa shape index (κ2) is 7.19. The van der Waals surface area contributed by atoms with Crippen LogP contribution in [0.5, 0.6) is 0 Å². The minimum atomic E-state index is -3.00. The van der Waals surface area contributed by atoms with E-state index < -0.39 is 9.84 Å². The van der Waals surface area contributed by atoms with Crippen molar-refractivity contribution in [1.29, 1.82) is 0 Å². The SMILES string of the molecule is Cc1cc(C)c2nc(SC(C)C(=O)NC3CCS(=O)(=O)C3)cc(C)c2c1. The molecule has 7 heteroatoms. The number of aryl methyl sites for hydroxylation is 3. The molecular weight excluding hydrogens is 368 g/mol. The van der Waals surface area contributed by atoms with E-state index in [0.717, 1.165) is 27.1 Å². The monoisotopic (exact) mass is 392 g/mol. The maximum Gasteiger partial charge on any atom is 0.233 e. The second-order valence-corrected chi connectivity index (χ2v) is 10.7. The van der Waals surface area contributed by atoms with Gasteiger partial charge < -0.3 is 5.32 Å². The summed E-state index contributed by atoms with van der Waals surface area (Å²) < 4.78 is 23.1. The molecule has 140 valence electrons. The fourth-order valence-electron chi connectivity index (χ4n) is 3.34. The Bertz CT molecular complexity index is 970. The third kappa shape index (κ3) is 4.20. The number of thioether (sulfide) groups is 1. The molecule has 0 bridgehead atoms. The van der Waals surface area contributed by atoms with Crippen LogP contribution in [0.25, 0.3) is 10.9 Å². The average molecular weight is 393 g/mol. The molecule has 1 aliphatic rings. The van der Waals surface area contributed by atoms with Crippen molar-refractivity contribution in [3.8, 4) is 0 Å². The highest BCUT2D eigenvalue weighted by molar-refractivity contribution is 8.00. The number of benzene rings is 1. The molecule has 2 atom stereocenters. The lowest BCUT2D eigenvalue weighted by atomic mass is 10.0. The van der Waals surface area contributed by atoms with Crippen LogP contribution in [0, 0.1) is 20.8 Å². The van der Waals surface area contributed by atoms with Crippen molar-refractivity contribution in [2.45, 2.75) is 50.4 Å². The zero-order valence-electron chi connectivity index (χ0n) is 15.5. The summed E-state index contributed by atoms with van der Waals surface area (Å²) in [4.78, 5) is 17.2. The number of nitrogens with one attached hydrogen (secondary N) is 1. The number of hydrogen-bond acceptors (Lipinski definition) is 5. The number of sulfone groups is 1. The maximum absolute atomic E-state index is 12.4. The molecule has 0 aliphatic carbocycles. The Hall–Kier alpha value is -1.60. The van der Waals surface area contributed by atoms with E-state index in [0.29, 0.717) is 6.42 Å². The Morgan fingerprint density at radius 2 is 1.96 bits per heavy atom. The topological polar surface area (TPSA) is 76.1 Å². The molecule has 1 fully saturated rings. The number of fused-ring (bicyclic) bond motifs is 1. The number of aromatic nitrogens is 1. The lowest BCUT2D eigenvalue weighted by Crippen LogP contribution is -2.39. The first-order chi connectivity index (χ1) is 12.1. The Morgan fingerprint density at radius 3 is 2.62 bits per heavy atom. The summed E-state index contributed by atoms with van der Waals surface area (Å²) in [6.45, 7) is 8.00. The summed E-state index contributed by atoms with van der Waals surface area (Å²) in [5.41, 5.74) is 4.43. The number of rotatable bonds is 4. The van der Waals surface area contributed by atoms with Crippen LogP contribution in [0.3, 0.4) is 0 Å². The molecule has 2 heterocycles. The van der Waals surface area contributed by atoms with Gasteiger partial charge in [0.05, 0.1) is 27.3 Å². The highest BCUT2D eigenvalue weighted by Gasteiger charge is 2.30. The maximum atomic E-state index is 12.4. The van der Waals surface area contributed by atoms with Crippen molar-refractivity contribution in [3.05, 3.63) is 34.9 Å². The van der Waals surface area contributed by atoms with Gasteiger partial charge in [0.2, 0.25) is 5.91 Å². The predicted molar refractivity (Wildman–Crippen MR) is 106 cm³/mol. The zero-order chi connectivity index (χ0) is 19.1. The van der Waals surface area contributed by atoms with E-state index in [1.165, 1.54) is 17.3 Å². The Balaban J connectivity index is 1.75. The number of carbonyl (C=O) groups is 1. The van der Waals surface area contributed by atoms with Crippen LogP contribution < -0.4 is 5.32 Å². The highest BCUT2D eigenvalue weighted by atomic mass is 32.2. The summed E-state index contributed by atoms with van der Waals surface area (Å²) in [5.74, 6) is 0.0586. The fraction of sp³-hybridized carbons (Fsp3) is 0.474. The quantitative estimate of drug-likeness (QED) is 0.810. The lowest BCUT2D eigenvalue weighted by molar-refractivity contribution is -0.120. The van der Waals surface area contributed by atoms with Crippen LogP contribution in [0.4, 0.5) is 0 Å². The van der Waals surface area contributed by atoms with Crippen molar-refractivity contribution in [3.63, 3.8) is 0 Å². The van der Waals surface area contributed by atoms with Crippen LogP contribution in [-0.2, 0) is 14.6 Å². The van der Waals surface area contributed by atoms with Crippen molar-refractivity contribution < 1.29 is 13.2 Å². The minimum Gasteiger partial charge on any atom is -0.351 e. The summed E-state index contributed by atoms with van der Waals surface area (Å²) in [6, 6.07) is 5.98. The Morgan fingerprint density at radius 1 is 1.23 bits per heavy atom. The molecule has 0 spiro atoms. The molecule has 3 rings (SSSR count). The standard InChI is InChI=1S/C19H24N2O3S2/c1-11-7-13(3)18-16(8-11)12(2)9-17(21-18)25-14(4)19(22)20-15-5-6-26(23,24)10-15/h7-9,14-15H,5-6,10H2,1-4H3,(H,20,22). The molecule has 0 radical (unpaired) electrons. The molecular formula is C19H24N2O3S2. The van der Waals surface area contributed by atoms with Gasteiger partial charge in [-0.2, -0.15) is 0 Å². The molecule has 1 N–H and O–H groups in total. The van der Waals surface area contributed by atoms with Gasteiger partial charge in [0.15, 0.2) is 9.84 Å². The fourth-order valence-corrected chi connectivity index (χ4v) is 5.94. The first kappa shape index (κ1) is 19.2. The van der Waals surface area contributed by atoms with Crippen molar-refractivity contribution in [2.75, 3.05) is 11.5 Å². The highest BCUT2D eigenvalue weighted by Crippen LogP contribution is 2.29. The molecule has 1 amide bonds. The number of nitrogens with zero attached hydrogens (tertiary/aromatic N) is 1. The second-order valence-electron chi connectivity index (χ2n) is 7.12. The summed E-state index contributed by atoms with van der Waals surface area (Å²) in [7, 11) is -3.00. The zero-order valence-corrected chi connectivity index (χ0v) is 17.1. The summed E-state index contributed by atoms with van der Waals surface area (Å²) in [6.07, 6.45) is 0.497. The first-order valence-electron chi connectivity index (χ1n) is 8.71. The van der Waals surface area contributed by atoms with Gasteiger partial charge in [0, 0.05) is 11.4 Å². The molecule has 2 unspecified atom stereocenters. The van der Waals surface area contributed by atoms with E-state index in [1.54, 1.807) is 0 Å². The van der Waals surface area contributed by atoms with Gasteiger partial charge in [-0.1, -0.05) is 23.4 Å². The van der Waals surface area contributed by atoms with Crippen molar-refractivity contribution in [1.82, 2.24) is 10.3 Å². The van der Waals surface area contributed by atoms with Crippen LogP contribution in [-0.4, -0.2) is 42.1 Å². The van der Waals surface area contributed by atoms with Gasteiger partial charge in [-0.15, -0.1) is 0 Å². The van der Waals surface area contributed by atoms with Gasteiger partial charge in [-0.25, -0.2) is 13.4 Å². The van der Waals surface area contributed by atoms with E-state index in [1.807, 2.05) is 19.9 Å². The largest absolute Gasteiger partial charge is 0.351 e. The van der Waals surface area contributed by atoms with Crippen LogP contribution >= 0.6 is 11.8 Å². The number of amides is 1. The van der Waals surface area contributed by atoms with E-state index in [-0.39, 0.29) is 28.7 Å². The van der Waals surface area contributed by atoms with Crippen LogP contribution in [0.1, 0.15) is 30.0 Å². The molecule has 0 saturated carbocycles. The molecule has 1 aliphatic heterocycles. The molecule has 26 heavy (non-hydrogen) atoms. The van der Waals surface area contributed by atoms with Crippen molar-refractivity contribution >= 4 is 38.4 Å².